The first-order valence-electron chi connectivity index (χ1n) is 13.9. The summed E-state index contributed by atoms with van der Waals surface area (Å²) in [6.07, 6.45) is -0.639. The number of hydrogen-bond donors (Lipinski definition) is 1. The van der Waals surface area contributed by atoms with E-state index in [1.54, 1.807) is 0 Å². The Morgan fingerprint density at radius 3 is 2.05 bits per heavy atom. The van der Waals surface area contributed by atoms with E-state index in [1.165, 1.54) is 21.5 Å². The Labute approximate surface area is 236 Å². The number of hydrogen-bond acceptors (Lipinski definition) is 4. The average Bonchev–Trinajstić information content (AvgIpc) is 2.89. The lowest BCUT2D eigenvalue weighted by Gasteiger charge is -2.42. The molecule has 3 aromatic carbocycles. The van der Waals surface area contributed by atoms with Gasteiger partial charge >= 0.3 is 6.09 Å². The summed E-state index contributed by atoms with van der Waals surface area (Å²) in [5, 5.41) is 5.87. The van der Waals surface area contributed by atoms with Crippen LogP contribution in [0.5, 0.6) is 0 Å². The third kappa shape index (κ3) is 7.38. The van der Waals surface area contributed by atoms with Gasteiger partial charge in [0, 0.05) is 19.6 Å². The molecule has 1 radical (unpaired) electrons. The number of carbonyl (C=O) groups excluding carboxylic acids is 1. The highest BCUT2D eigenvalue weighted by atomic mass is 28.3. The number of amides is 1. The van der Waals surface area contributed by atoms with Gasteiger partial charge in [0.05, 0.1) is 12.1 Å². The smallest absolute Gasteiger partial charge is 0.410 e. The lowest BCUT2D eigenvalue weighted by molar-refractivity contribution is -0.00763. The van der Waals surface area contributed by atoms with Gasteiger partial charge in [-0.1, -0.05) is 99.6 Å². The monoisotopic (exact) mass is 543 g/mol. The molecule has 1 fully saturated rings. The molecule has 0 bridgehead atoms. The van der Waals surface area contributed by atoms with E-state index in [-0.39, 0.29) is 23.7 Å². The largest absolute Gasteiger partial charge is 0.444 e. The van der Waals surface area contributed by atoms with Crippen molar-refractivity contribution in [3.05, 3.63) is 95.6 Å². The molecule has 4 rings (SSSR count). The lowest BCUT2D eigenvalue weighted by atomic mass is 9.82. The predicted octanol–water partition coefficient (Wildman–Crippen LogP) is 5.37. The number of carbonyl (C=O) groups is 1. The van der Waals surface area contributed by atoms with Crippen LogP contribution in [0, 0.1) is 6.92 Å². The Morgan fingerprint density at radius 1 is 0.923 bits per heavy atom. The first kappa shape index (κ1) is 29.1. The Kier molecular flexibility index (Phi) is 8.99. The molecule has 1 aliphatic heterocycles. The van der Waals surface area contributed by atoms with Crippen molar-refractivity contribution >= 4 is 25.5 Å². The summed E-state index contributed by atoms with van der Waals surface area (Å²) in [7, 11) is -1.64. The van der Waals surface area contributed by atoms with E-state index in [1.807, 2.05) is 37.8 Å². The van der Waals surface area contributed by atoms with E-state index in [2.05, 4.69) is 99.7 Å². The number of nitrogens with one attached hydrogen (secondary N) is 1. The van der Waals surface area contributed by atoms with E-state index in [0.717, 1.165) is 12.1 Å². The zero-order valence-corrected chi connectivity index (χ0v) is 25.5. The molecule has 39 heavy (non-hydrogen) atoms. The fourth-order valence-corrected chi connectivity index (χ4v) is 7.29. The van der Waals surface area contributed by atoms with Gasteiger partial charge in [0.25, 0.3) is 9.04 Å². The molecule has 207 valence electrons. The highest BCUT2D eigenvalue weighted by Gasteiger charge is 2.39. The van der Waals surface area contributed by atoms with Crippen LogP contribution >= 0.6 is 0 Å². The van der Waals surface area contributed by atoms with Gasteiger partial charge in [-0.15, -0.1) is 0 Å². The van der Waals surface area contributed by atoms with Gasteiger partial charge in [0.2, 0.25) is 0 Å². The Morgan fingerprint density at radius 2 is 1.51 bits per heavy atom. The van der Waals surface area contributed by atoms with Gasteiger partial charge in [-0.05, 0) is 60.2 Å². The molecule has 1 unspecified atom stereocenters. The number of rotatable bonds is 6. The molecule has 6 heteroatoms. The van der Waals surface area contributed by atoms with Gasteiger partial charge in [-0.2, -0.15) is 0 Å². The molecule has 3 aromatic rings. The van der Waals surface area contributed by atoms with Crippen molar-refractivity contribution in [3.63, 3.8) is 0 Å². The molecule has 0 aromatic heterocycles. The summed E-state index contributed by atoms with van der Waals surface area (Å²) in [6, 6.07) is 27.4. The molecule has 0 aliphatic carbocycles. The van der Waals surface area contributed by atoms with Crippen LogP contribution in [-0.4, -0.2) is 51.3 Å². The molecule has 5 nitrogen and oxygen atoms in total. The lowest BCUT2D eigenvalue weighted by Crippen LogP contribution is -2.59. The number of nitrogens with zero attached hydrogens (tertiary/aromatic N) is 1. The Bertz CT molecular complexity index is 1200. The minimum atomic E-state index is -1.64. The van der Waals surface area contributed by atoms with Gasteiger partial charge in [-0.3, -0.25) is 4.90 Å². The van der Waals surface area contributed by atoms with Crippen molar-refractivity contribution in [3.8, 4) is 0 Å². The molecule has 1 aliphatic rings. The van der Waals surface area contributed by atoms with Crippen LogP contribution in [0.4, 0.5) is 4.79 Å². The maximum absolute atomic E-state index is 13.5. The molecule has 1 heterocycles. The third-order valence-electron chi connectivity index (χ3n) is 6.98. The fourth-order valence-electron chi connectivity index (χ4n) is 5.15. The summed E-state index contributed by atoms with van der Waals surface area (Å²) in [5.74, 6) is 0. The van der Waals surface area contributed by atoms with E-state index in [4.69, 9.17) is 9.16 Å². The van der Waals surface area contributed by atoms with Gasteiger partial charge in [0.15, 0.2) is 0 Å². The van der Waals surface area contributed by atoms with Crippen molar-refractivity contribution in [2.45, 2.75) is 71.6 Å². The highest BCUT2D eigenvalue weighted by Crippen LogP contribution is 2.33. The van der Waals surface area contributed by atoms with E-state index in [9.17, 15) is 4.79 Å². The molecule has 0 saturated carbocycles. The molecule has 1 amide bonds. The van der Waals surface area contributed by atoms with Crippen LogP contribution < -0.4 is 15.7 Å². The summed E-state index contributed by atoms with van der Waals surface area (Å²) in [4.78, 5) is 15.4. The van der Waals surface area contributed by atoms with E-state index < -0.39 is 14.6 Å². The van der Waals surface area contributed by atoms with Crippen molar-refractivity contribution in [2.24, 2.45) is 0 Å². The van der Waals surface area contributed by atoms with E-state index in [0.29, 0.717) is 13.1 Å². The SMILES string of the molecule is Cc1ccc(C(O[Si](c2ccccc2)c2ccccc2)[C@H]2CNCCN2C(=O)OC(C)(C)C)cc1C(C)(C)C. The minimum absolute atomic E-state index is 0.0209. The number of benzene rings is 3. The molecule has 2 atom stereocenters. The summed E-state index contributed by atoms with van der Waals surface area (Å²) in [6.45, 7) is 16.6. The minimum Gasteiger partial charge on any atom is -0.444 e. The van der Waals surface area contributed by atoms with Crippen LogP contribution in [0.25, 0.3) is 0 Å². The van der Waals surface area contributed by atoms with Gasteiger partial charge < -0.3 is 14.5 Å². The summed E-state index contributed by atoms with van der Waals surface area (Å²) >= 11 is 0. The quantitative estimate of drug-likeness (QED) is 0.425. The first-order valence-corrected chi connectivity index (χ1v) is 15.3. The summed E-state index contributed by atoms with van der Waals surface area (Å²) < 4.78 is 13.2. The second kappa shape index (κ2) is 12.1. The predicted molar refractivity (Wildman–Crippen MR) is 161 cm³/mol. The number of piperazine rings is 1. The van der Waals surface area contributed by atoms with Crippen LogP contribution in [0.3, 0.4) is 0 Å². The van der Waals surface area contributed by atoms with Gasteiger partial charge in [0.1, 0.15) is 5.60 Å². The van der Waals surface area contributed by atoms with Crippen LogP contribution in [0.2, 0.25) is 0 Å². The molecule has 1 N–H and O–H groups in total. The molecule has 1 saturated heterocycles. The van der Waals surface area contributed by atoms with Crippen LogP contribution in [0.15, 0.2) is 78.9 Å². The third-order valence-corrected chi connectivity index (χ3v) is 9.18. The van der Waals surface area contributed by atoms with Gasteiger partial charge in [-0.25, -0.2) is 4.79 Å². The first-order chi connectivity index (χ1) is 18.4. The topological polar surface area (TPSA) is 50.8 Å². The number of aryl methyl sites for hydroxylation is 1. The van der Waals surface area contributed by atoms with Crippen molar-refractivity contribution < 1.29 is 14.0 Å². The zero-order valence-electron chi connectivity index (χ0n) is 24.5. The van der Waals surface area contributed by atoms with Crippen LogP contribution in [0.1, 0.15) is 64.3 Å². The van der Waals surface area contributed by atoms with Crippen molar-refractivity contribution in [1.82, 2.24) is 10.2 Å². The average molecular weight is 544 g/mol. The Hall–Kier alpha value is -2.93. The molecule has 0 spiro atoms. The highest BCUT2D eigenvalue weighted by molar-refractivity contribution is 6.80. The normalized spacial score (nSPS) is 17.2. The van der Waals surface area contributed by atoms with Crippen molar-refractivity contribution in [1.29, 1.82) is 0 Å². The Balaban J connectivity index is 1.83. The maximum atomic E-state index is 13.5. The fraction of sp³-hybridized carbons (Fsp3) is 0.424. The van der Waals surface area contributed by atoms with E-state index >= 15 is 0 Å². The summed E-state index contributed by atoms with van der Waals surface area (Å²) in [5.41, 5.74) is 3.03. The van der Waals surface area contributed by atoms with Crippen molar-refractivity contribution in [2.75, 3.05) is 19.6 Å². The zero-order chi connectivity index (χ0) is 28.2. The number of ether oxygens (including phenoxy) is 1. The van der Waals surface area contributed by atoms with Crippen LogP contribution in [-0.2, 0) is 14.6 Å². The molecular weight excluding hydrogens is 500 g/mol. The maximum Gasteiger partial charge on any atom is 0.410 e. The second-order valence-corrected chi connectivity index (χ2v) is 14.4. The second-order valence-electron chi connectivity index (χ2n) is 12.4. The molecular formula is C33H43N2O3Si. The standard InChI is InChI=1S/C33H43N2O3Si/c1-24-18-19-25(22-28(24)32(2,3)4)30(29-23-34-20-21-35(29)31(36)37-33(5,6)7)38-39(26-14-10-8-11-15-26)27-16-12-9-13-17-27/h8-19,22,29-30,34H,20-21,23H2,1-7H3/t29-,30?/m1/s1.